The fourth-order valence-electron chi connectivity index (χ4n) is 2.29. The molecule has 21 heavy (non-hydrogen) atoms. The monoisotopic (exact) mass is 293 g/mol. The Balaban J connectivity index is 2.55. The Labute approximate surface area is 125 Å². The summed E-state index contributed by atoms with van der Waals surface area (Å²) in [6.45, 7) is 5.33. The van der Waals surface area contributed by atoms with Gasteiger partial charge in [0.25, 0.3) is 0 Å². The van der Waals surface area contributed by atoms with Crippen LogP contribution in [0.3, 0.4) is 0 Å². The highest BCUT2D eigenvalue weighted by atomic mass is 16.5. The first-order chi connectivity index (χ1) is 10.1. The van der Waals surface area contributed by atoms with Crippen LogP contribution in [0.1, 0.15) is 25.2 Å². The second kappa shape index (κ2) is 6.83. The molecule has 116 valence electrons. The summed E-state index contributed by atoms with van der Waals surface area (Å²) in [4.78, 5) is 0. The van der Waals surface area contributed by atoms with Gasteiger partial charge in [-0.1, -0.05) is 13.8 Å². The number of fused-ring (bicyclic) bond motifs is 1. The summed E-state index contributed by atoms with van der Waals surface area (Å²) in [5.74, 6) is 2.31. The van der Waals surface area contributed by atoms with Crippen LogP contribution in [0.15, 0.2) is 16.5 Å². The van der Waals surface area contributed by atoms with Crippen molar-refractivity contribution in [1.82, 2.24) is 5.32 Å². The molecule has 1 heterocycles. The lowest BCUT2D eigenvalue weighted by atomic mass is 10.1. The van der Waals surface area contributed by atoms with Crippen LogP contribution in [0, 0.1) is 0 Å². The Bertz CT molecular complexity index is 604. The van der Waals surface area contributed by atoms with Gasteiger partial charge in [0, 0.05) is 30.8 Å². The Kier molecular flexibility index (Phi) is 5.09. The molecule has 5 heteroatoms. The molecule has 0 fully saturated rings. The largest absolute Gasteiger partial charge is 0.496 e. The van der Waals surface area contributed by atoms with Crippen molar-refractivity contribution in [2.75, 3.05) is 21.3 Å². The molecular formula is C16H23NO4. The average Bonchev–Trinajstić information content (AvgIpc) is 2.82. The predicted octanol–water partition coefficient (Wildman–Crippen LogP) is 3.09. The molecule has 1 aromatic carbocycles. The standard InChI is InChI=1S/C16H23NO4/c1-10(2)17-8-15-12(9-18-3)16-13(20-5)6-11(19-4)7-14(16)21-15/h6-7,10,17H,8-9H2,1-5H3. The van der Waals surface area contributed by atoms with Crippen LogP contribution in [0.2, 0.25) is 0 Å². The predicted molar refractivity (Wildman–Crippen MR) is 82.0 cm³/mol. The molecule has 5 nitrogen and oxygen atoms in total. The minimum absolute atomic E-state index is 0.380. The Morgan fingerprint density at radius 2 is 1.90 bits per heavy atom. The van der Waals surface area contributed by atoms with Gasteiger partial charge in [0.1, 0.15) is 22.8 Å². The van der Waals surface area contributed by atoms with E-state index in [2.05, 4.69) is 19.2 Å². The smallest absolute Gasteiger partial charge is 0.142 e. The third-order valence-corrected chi connectivity index (χ3v) is 3.33. The van der Waals surface area contributed by atoms with Crippen molar-refractivity contribution in [3.8, 4) is 11.5 Å². The first-order valence-electron chi connectivity index (χ1n) is 6.99. The number of hydrogen-bond acceptors (Lipinski definition) is 5. The van der Waals surface area contributed by atoms with E-state index in [0.29, 0.717) is 24.9 Å². The topological polar surface area (TPSA) is 52.9 Å². The van der Waals surface area contributed by atoms with Gasteiger partial charge in [0.15, 0.2) is 0 Å². The van der Waals surface area contributed by atoms with Crippen LogP contribution < -0.4 is 14.8 Å². The van der Waals surface area contributed by atoms with Crippen LogP contribution in [0.4, 0.5) is 0 Å². The number of nitrogens with one attached hydrogen (secondary N) is 1. The molecule has 0 aliphatic rings. The number of methoxy groups -OCH3 is 3. The highest BCUT2D eigenvalue weighted by Gasteiger charge is 2.19. The molecule has 0 atom stereocenters. The Morgan fingerprint density at radius 3 is 2.48 bits per heavy atom. The molecule has 0 radical (unpaired) electrons. The molecule has 0 saturated carbocycles. The number of benzene rings is 1. The van der Waals surface area contributed by atoms with E-state index >= 15 is 0 Å². The first kappa shape index (κ1) is 15.7. The zero-order chi connectivity index (χ0) is 15.4. The molecule has 0 spiro atoms. The van der Waals surface area contributed by atoms with Gasteiger partial charge in [0.05, 0.1) is 32.8 Å². The van der Waals surface area contributed by atoms with Gasteiger partial charge in [-0.2, -0.15) is 0 Å². The number of hydrogen-bond donors (Lipinski definition) is 1. The molecule has 0 amide bonds. The van der Waals surface area contributed by atoms with Crippen LogP contribution in [0.25, 0.3) is 11.0 Å². The maximum atomic E-state index is 5.98. The zero-order valence-electron chi connectivity index (χ0n) is 13.3. The normalized spacial score (nSPS) is 11.3. The van der Waals surface area contributed by atoms with Crippen molar-refractivity contribution < 1.29 is 18.6 Å². The van der Waals surface area contributed by atoms with Crippen LogP contribution in [-0.2, 0) is 17.9 Å². The molecule has 0 bridgehead atoms. The fourth-order valence-corrected chi connectivity index (χ4v) is 2.29. The summed E-state index contributed by atoms with van der Waals surface area (Å²) < 4.78 is 22.1. The van der Waals surface area contributed by atoms with Crippen molar-refractivity contribution in [3.63, 3.8) is 0 Å². The minimum atomic E-state index is 0.380. The van der Waals surface area contributed by atoms with Crippen LogP contribution in [0.5, 0.6) is 11.5 Å². The van der Waals surface area contributed by atoms with E-state index in [-0.39, 0.29) is 0 Å². The average molecular weight is 293 g/mol. The summed E-state index contributed by atoms with van der Waals surface area (Å²) in [5, 5.41) is 4.31. The number of ether oxygens (including phenoxy) is 3. The molecule has 0 aliphatic carbocycles. The third-order valence-electron chi connectivity index (χ3n) is 3.33. The number of rotatable bonds is 7. The Hall–Kier alpha value is -1.72. The quantitative estimate of drug-likeness (QED) is 0.850. The summed E-state index contributed by atoms with van der Waals surface area (Å²) >= 11 is 0. The molecule has 0 saturated heterocycles. The molecule has 1 N–H and O–H groups in total. The van der Waals surface area contributed by atoms with Gasteiger partial charge >= 0.3 is 0 Å². The lowest BCUT2D eigenvalue weighted by Crippen LogP contribution is -2.22. The first-order valence-corrected chi connectivity index (χ1v) is 6.99. The highest BCUT2D eigenvalue weighted by Crippen LogP contribution is 2.37. The van der Waals surface area contributed by atoms with E-state index in [0.717, 1.165) is 28.0 Å². The van der Waals surface area contributed by atoms with Gasteiger partial charge in [0.2, 0.25) is 0 Å². The maximum Gasteiger partial charge on any atom is 0.142 e. The van der Waals surface area contributed by atoms with Gasteiger partial charge < -0.3 is 23.9 Å². The molecular weight excluding hydrogens is 270 g/mol. The molecule has 2 rings (SSSR count). The molecule has 0 unspecified atom stereocenters. The summed E-state index contributed by atoms with van der Waals surface area (Å²) in [7, 11) is 4.94. The van der Waals surface area contributed by atoms with E-state index in [1.54, 1.807) is 21.3 Å². The summed E-state index contributed by atoms with van der Waals surface area (Å²) in [6.07, 6.45) is 0. The van der Waals surface area contributed by atoms with E-state index in [9.17, 15) is 0 Å². The van der Waals surface area contributed by atoms with Crippen LogP contribution >= 0.6 is 0 Å². The third kappa shape index (κ3) is 3.31. The van der Waals surface area contributed by atoms with E-state index in [1.807, 2.05) is 12.1 Å². The highest BCUT2D eigenvalue weighted by molar-refractivity contribution is 5.90. The van der Waals surface area contributed by atoms with Crippen molar-refractivity contribution in [1.29, 1.82) is 0 Å². The molecule has 1 aromatic heterocycles. The Morgan fingerprint density at radius 1 is 1.14 bits per heavy atom. The molecule has 0 aliphatic heterocycles. The molecule has 2 aromatic rings. The lowest BCUT2D eigenvalue weighted by molar-refractivity contribution is 0.183. The van der Waals surface area contributed by atoms with Gasteiger partial charge in [-0.3, -0.25) is 0 Å². The fraction of sp³-hybridized carbons (Fsp3) is 0.500. The van der Waals surface area contributed by atoms with E-state index < -0.39 is 0 Å². The zero-order valence-corrected chi connectivity index (χ0v) is 13.3. The van der Waals surface area contributed by atoms with Gasteiger partial charge in [-0.15, -0.1) is 0 Å². The van der Waals surface area contributed by atoms with Crippen molar-refractivity contribution in [3.05, 3.63) is 23.5 Å². The second-order valence-electron chi connectivity index (χ2n) is 5.18. The SMILES string of the molecule is COCc1c(CNC(C)C)oc2cc(OC)cc(OC)c12. The van der Waals surface area contributed by atoms with Gasteiger partial charge in [-0.25, -0.2) is 0 Å². The number of furan rings is 1. The van der Waals surface area contributed by atoms with Crippen molar-refractivity contribution in [2.24, 2.45) is 0 Å². The van der Waals surface area contributed by atoms with E-state index in [1.165, 1.54) is 0 Å². The maximum absolute atomic E-state index is 5.98. The van der Waals surface area contributed by atoms with Crippen molar-refractivity contribution >= 4 is 11.0 Å². The lowest BCUT2D eigenvalue weighted by Gasteiger charge is -2.08. The summed E-state index contributed by atoms with van der Waals surface area (Å²) in [5.41, 5.74) is 1.76. The minimum Gasteiger partial charge on any atom is -0.496 e. The van der Waals surface area contributed by atoms with Crippen molar-refractivity contribution in [2.45, 2.75) is 33.0 Å². The second-order valence-corrected chi connectivity index (χ2v) is 5.18. The summed E-state index contributed by atoms with van der Waals surface area (Å²) in [6, 6.07) is 4.11. The van der Waals surface area contributed by atoms with Crippen LogP contribution in [-0.4, -0.2) is 27.4 Å². The van der Waals surface area contributed by atoms with E-state index in [4.69, 9.17) is 18.6 Å². The van der Waals surface area contributed by atoms with Gasteiger partial charge in [-0.05, 0) is 0 Å².